The lowest BCUT2D eigenvalue weighted by molar-refractivity contribution is 0.250. The molecule has 2 atom stereocenters. The third-order valence-electron chi connectivity index (χ3n) is 3.90. The monoisotopic (exact) mass is 282 g/mol. The van der Waals surface area contributed by atoms with Crippen molar-refractivity contribution in [2.75, 3.05) is 13.1 Å². The zero-order valence-electron chi connectivity index (χ0n) is 11.5. The van der Waals surface area contributed by atoms with Crippen molar-refractivity contribution in [3.05, 3.63) is 29.8 Å². The van der Waals surface area contributed by atoms with Gasteiger partial charge in [0.25, 0.3) is 0 Å². The fourth-order valence-electron chi connectivity index (χ4n) is 2.39. The minimum Gasteiger partial charge on any atom is -0.327 e. The van der Waals surface area contributed by atoms with Crippen LogP contribution in [-0.4, -0.2) is 31.9 Å². The lowest BCUT2D eigenvalue weighted by Crippen LogP contribution is -2.48. The average Bonchev–Trinajstić information content (AvgIpc) is 2.41. The molecule has 2 unspecified atom stereocenters. The third-order valence-corrected chi connectivity index (χ3v) is 5.78. The average molecular weight is 282 g/mol. The van der Waals surface area contributed by atoms with Crippen molar-refractivity contribution in [1.82, 2.24) is 4.31 Å². The molecule has 1 fully saturated rings. The molecule has 0 bridgehead atoms. The molecule has 1 aromatic carbocycles. The van der Waals surface area contributed by atoms with Crippen molar-refractivity contribution in [3.8, 4) is 0 Å². The molecule has 1 saturated heterocycles. The number of nitrogens with zero attached hydrogens (tertiary/aromatic N) is 1. The van der Waals surface area contributed by atoms with E-state index in [-0.39, 0.29) is 12.0 Å². The van der Waals surface area contributed by atoms with E-state index in [1.165, 1.54) is 0 Å². The molecule has 1 heterocycles. The van der Waals surface area contributed by atoms with Crippen LogP contribution < -0.4 is 5.73 Å². The molecule has 1 aliphatic heterocycles. The van der Waals surface area contributed by atoms with Gasteiger partial charge in [-0.2, -0.15) is 4.31 Å². The smallest absolute Gasteiger partial charge is 0.243 e. The van der Waals surface area contributed by atoms with Crippen LogP contribution in [0.15, 0.2) is 29.2 Å². The number of rotatable bonds is 3. The van der Waals surface area contributed by atoms with E-state index in [0.717, 1.165) is 18.4 Å². The minimum absolute atomic E-state index is 0.105. The van der Waals surface area contributed by atoms with Crippen molar-refractivity contribution in [2.45, 2.75) is 37.6 Å². The van der Waals surface area contributed by atoms with E-state index in [0.29, 0.717) is 18.0 Å². The van der Waals surface area contributed by atoms with Crippen LogP contribution in [0.4, 0.5) is 0 Å². The summed E-state index contributed by atoms with van der Waals surface area (Å²) in [5.41, 5.74) is 7.09. The van der Waals surface area contributed by atoms with Gasteiger partial charge in [0, 0.05) is 19.1 Å². The van der Waals surface area contributed by atoms with Crippen molar-refractivity contribution in [2.24, 2.45) is 11.7 Å². The highest BCUT2D eigenvalue weighted by atomic mass is 32.2. The first-order chi connectivity index (χ1) is 8.95. The molecule has 0 radical (unpaired) electrons. The molecule has 2 N–H and O–H groups in total. The van der Waals surface area contributed by atoms with Crippen molar-refractivity contribution < 1.29 is 8.42 Å². The Kier molecular flexibility index (Phi) is 4.28. The van der Waals surface area contributed by atoms with Gasteiger partial charge in [0.1, 0.15) is 0 Å². The van der Waals surface area contributed by atoms with Crippen molar-refractivity contribution in [3.63, 3.8) is 0 Å². The molecule has 0 saturated carbocycles. The molecule has 5 heteroatoms. The number of piperidine rings is 1. The number of hydrogen-bond acceptors (Lipinski definition) is 3. The fourth-order valence-corrected chi connectivity index (χ4v) is 3.95. The van der Waals surface area contributed by atoms with E-state index in [1.807, 2.05) is 19.1 Å². The topological polar surface area (TPSA) is 63.4 Å². The highest BCUT2D eigenvalue weighted by molar-refractivity contribution is 7.89. The van der Waals surface area contributed by atoms with E-state index in [9.17, 15) is 8.42 Å². The molecule has 19 heavy (non-hydrogen) atoms. The van der Waals surface area contributed by atoms with Gasteiger partial charge in [0.15, 0.2) is 0 Å². The Balaban J connectivity index is 2.21. The van der Waals surface area contributed by atoms with Gasteiger partial charge in [0.05, 0.1) is 4.90 Å². The van der Waals surface area contributed by atoms with Crippen LogP contribution in [0.5, 0.6) is 0 Å². The summed E-state index contributed by atoms with van der Waals surface area (Å²) < 4.78 is 26.6. The summed E-state index contributed by atoms with van der Waals surface area (Å²) in [4.78, 5) is 0.382. The first-order valence-electron chi connectivity index (χ1n) is 6.80. The normalized spacial score (nSPS) is 25.4. The van der Waals surface area contributed by atoms with Crippen LogP contribution >= 0.6 is 0 Å². The van der Waals surface area contributed by atoms with Crippen LogP contribution in [0.1, 0.15) is 25.8 Å². The van der Waals surface area contributed by atoms with E-state index >= 15 is 0 Å². The number of hydrogen-bond donors (Lipinski definition) is 1. The predicted octanol–water partition coefficient (Wildman–Crippen LogP) is 1.61. The lowest BCUT2D eigenvalue weighted by atomic mass is 9.96. The van der Waals surface area contributed by atoms with E-state index in [1.54, 1.807) is 16.4 Å². The second-order valence-corrected chi connectivity index (χ2v) is 7.23. The zero-order chi connectivity index (χ0) is 14.0. The molecule has 2 rings (SSSR count). The Bertz CT molecular complexity index is 525. The number of sulfonamides is 1. The maximum atomic E-state index is 12.5. The Morgan fingerprint density at radius 1 is 1.32 bits per heavy atom. The van der Waals surface area contributed by atoms with Gasteiger partial charge in [-0.05, 0) is 36.5 Å². The van der Waals surface area contributed by atoms with Gasteiger partial charge in [-0.1, -0.05) is 26.0 Å². The Labute approximate surface area is 115 Å². The van der Waals surface area contributed by atoms with E-state index in [2.05, 4.69) is 6.92 Å². The molecule has 1 aliphatic rings. The van der Waals surface area contributed by atoms with E-state index in [4.69, 9.17) is 5.73 Å². The maximum Gasteiger partial charge on any atom is 0.243 e. The van der Waals surface area contributed by atoms with E-state index < -0.39 is 10.0 Å². The number of nitrogens with two attached hydrogens (primary N) is 1. The summed E-state index contributed by atoms with van der Waals surface area (Å²) in [5.74, 6) is 0.207. The Morgan fingerprint density at radius 2 is 1.95 bits per heavy atom. The van der Waals surface area contributed by atoms with Gasteiger partial charge in [-0.15, -0.1) is 0 Å². The second-order valence-electron chi connectivity index (χ2n) is 5.29. The van der Waals surface area contributed by atoms with Gasteiger partial charge < -0.3 is 5.73 Å². The zero-order valence-corrected chi connectivity index (χ0v) is 12.4. The third kappa shape index (κ3) is 2.99. The largest absolute Gasteiger partial charge is 0.327 e. The molecule has 0 aromatic heterocycles. The highest BCUT2D eigenvalue weighted by Gasteiger charge is 2.31. The summed E-state index contributed by atoms with van der Waals surface area (Å²) in [5, 5.41) is 0. The molecular weight excluding hydrogens is 260 g/mol. The van der Waals surface area contributed by atoms with Crippen LogP contribution in [0, 0.1) is 5.92 Å². The van der Waals surface area contributed by atoms with Crippen LogP contribution in [0.2, 0.25) is 0 Å². The Hall–Kier alpha value is -0.910. The maximum absolute atomic E-state index is 12.5. The van der Waals surface area contributed by atoms with Crippen LogP contribution in [-0.2, 0) is 16.4 Å². The summed E-state index contributed by atoms with van der Waals surface area (Å²) in [7, 11) is -3.37. The minimum atomic E-state index is -3.37. The van der Waals surface area contributed by atoms with Gasteiger partial charge in [-0.3, -0.25) is 0 Å². The first kappa shape index (κ1) is 14.5. The van der Waals surface area contributed by atoms with Crippen molar-refractivity contribution in [1.29, 1.82) is 0 Å². The fraction of sp³-hybridized carbons (Fsp3) is 0.571. The lowest BCUT2D eigenvalue weighted by Gasteiger charge is -2.34. The summed E-state index contributed by atoms with van der Waals surface area (Å²) >= 11 is 0. The molecule has 0 amide bonds. The Morgan fingerprint density at radius 3 is 2.47 bits per heavy atom. The van der Waals surface area contributed by atoms with Gasteiger partial charge in [-0.25, -0.2) is 8.42 Å². The molecule has 106 valence electrons. The van der Waals surface area contributed by atoms with Gasteiger partial charge in [0.2, 0.25) is 10.0 Å². The van der Waals surface area contributed by atoms with Crippen LogP contribution in [0.3, 0.4) is 0 Å². The summed E-state index contributed by atoms with van der Waals surface area (Å²) in [6.45, 7) is 5.09. The first-order valence-corrected chi connectivity index (χ1v) is 8.24. The second kappa shape index (κ2) is 5.61. The summed E-state index contributed by atoms with van der Waals surface area (Å²) in [6, 6.07) is 7.27. The molecule has 0 spiro atoms. The van der Waals surface area contributed by atoms with Gasteiger partial charge >= 0.3 is 0 Å². The molecular formula is C14H22N2O2S. The standard InChI is InChI=1S/C14H22N2O2S/c1-3-12-4-6-13(7-5-12)19(17,18)16-9-8-14(15)11(2)10-16/h4-7,11,14H,3,8-10,15H2,1-2H3. The summed E-state index contributed by atoms with van der Waals surface area (Å²) in [6.07, 6.45) is 1.64. The molecule has 0 aliphatic carbocycles. The number of aryl methyl sites for hydroxylation is 1. The highest BCUT2D eigenvalue weighted by Crippen LogP contribution is 2.23. The number of benzene rings is 1. The SMILES string of the molecule is CCc1ccc(S(=O)(=O)N2CCC(N)C(C)C2)cc1. The molecule has 4 nitrogen and oxygen atoms in total. The predicted molar refractivity (Wildman–Crippen MR) is 76.3 cm³/mol. The quantitative estimate of drug-likeness (QED) is 0.916. The van der Waals surface area contributed by atoms with Crippen molar-refractivity contribution >= 4 is 10.0 Å². The van der Waals surface area contributed by atoms with Crippen LogP contribution in [0.25, 0.3) is 0 Å². The molecule has 1 aromatic rings.